The number of likely N-dealkylation sites (tertiary alicyclic amines) is 1. The first-order valence-electron chi connectivity index (χ1n) is 4.15. The topological polar surface area (TPSA) is 77.8 Å². The molecule has 1 saturated heterocycles. The lowest BCUT2D eigenvalue weighted by atomic mass is 9.90. The molecule has 1 aliphatic rings. The Bertz CT molecular complexity index is 206. The maximum atomic E-state index is 10.6. The smallest absolute Gasteiger partial charge is 0.307 e. The van der Waals surface area contributed by atoms with Crippen molar-refractivity contribution < 1.29 is 19.8 Å². The second-order valence-corrected chi connectivity index (χ2v) is 3.53. The summed E-state index contributed by atoms with van der Waals surface area (Å²) in [5, 5.41) is 17.5. The van der Waals surface area contributed by atoms with Crippen LogP contribution in [-0.4, -0.2) is 47.2 Å². The highest BCUT2D eigenvalue weighted by atomic mass is 16.4. The van der Waals surface area contributed by atoms with Gasteiger partial charge in [0.25, 0.3) is 0 Å². The fraction of sp³-hybridized carbons (Fsp3) is 0.750. The maximum Gasteiger partial charge on any atom is 0.307 e. The molecule has 2 unspecified atom stereocenters. The Morgan fingerprint density at radius 1 is 1.15 bits per heavy atom. The summed E-state index contributed by atoms with van der Waals surface area (Å²) in [7, 11) is 1.74. The van der Waals surface area contributed by atoms with Crippen LogP contribution in [0.5, 0.6) is 0 Å². The molecule has 0 radical (unpaired) electrons. The van der Waals surface area contributed by atoms with Gasteiger partial charge in [-0.15, -0.1) is 0 Å². The highest BCUT2D eigenvalue weighted by molar-refractivity contribution is 5.74. The second kappa shape index (κ2) is 3.74. The zero-order valence-corrected chi connectivity index (χ0v) is 7.43. The van der Waals surface area contributed by atoms with Gasteiger partial charge in [0.15, 0.2) is 0 Å². The Morgan fingerprint density at radius 3 is 1.85 bits per heavy atom. The number of aliphatic carboxylic acids is 2. The molecular weight excluding hydrogens is 174 g/mol. The van der Waals surface area contributed by atoms with Gasteiger partial charge >= 0.3 is 11.9 Å². The van der Waals surface area contributed by atoms with E-state index in [2.05, 4.69) is 0 Å². The summed E-state index contributed by atoms with van der Waals surface area (Å²) in [4.78, 5) is 23.0. The van der Waals surface area contributed by atoms with E-state index < -0.39 is 23.8 Å². The van der Waals surface area contributed by atoms with E-state index in [4.69, 9.17) is 10.2 Å². The van der Waals surface area contributed by atoms with E-state index in [1.165, 1.54) is 0 Å². The van der Waals surface area contributed by atoms with E-state index >= 15 is 0 Å². The number of carbonyl (C=O) groups is 2. The highest BCUT2D eigenvalue weighted by Gasteiger charge is 2.33. The fourth-order valence-electron chi connectivity index (χ4n) is 1.68. The summed E-state index contributed by atoms with van der Waals surface area (Å²) < 4.78 is 0. The van der Waals surface area contributed by atoms with Crippen LogP contribution in [0.1, 0.15) is 6.42 Å². The molecule has 0 spiro atoms. The number of hydrogen-bond acceptors (Lipinski definition) is 3. The average Bonchev–Trinajstić information content (AvgIpc) is 2.03. The minimum absolute atomic E-state index is 0.245. The van der Waals surface area contributed by atoms with Gasteiger partial charge in [-0.25, -0.2) is 0 Å². The van der Waals surface area contributed by atoms with Crippen molar-refractivity contribution in [1.82, 2.24) is 4.90 Å². The number of carboxylic acids is 2. The van der Waals surface area contributed by atoms with Crippen LogP contribution in [0.25, 0.3) is 0 Å². The second-order valence-electron chi connectivity index (χ2n) is 3.53. The van der Waals surface area contributed by atoms with Gasteiger partial charge in [-0.2, -0.15) is 0 Å². The van der Waals surface area contributed by atoms with Crippen LogP contribution in [0.3, 0.4) is 0 Å². The van der Waals surface area contributed by atoms with Crippen LogP contribution in [0.15, 0.2) is 0 Å². The van der Waals surface area contributed by atoms with E-state index in [9.17, 15) is 9.59 Å². The Labute approximate surface area is 76.0 Å². The van der Waals surface area contributed by atoms with Crippen molar-refractivity contribution in [3.63, 3.8) is 0 Å². The van der Waals surface area contributed by atoms with Crippen LogP contribution in [0.4, 0.5) is 0 Å². The van der Waals surface area contributed by atoms with E-state index in [1.54, 1.807) is 11.9 Å². The van der Waals surface area contributed by atoms with Crippen LogP contribution >= 0.6 is 0 Å². The quantitative estimate of drug-likeness (QED) is 0.621. The van der Waals surface area contributed by atoms with E-state index in [0.717, 1.165) is 0 Å². The van der Waals surface area contributed by atoms with E-state index in [0.29, 0.717) is 13.1 Å². The molecule has 74 valence electrons. The standard InChI is InChI=1S/C8H13NO4/c1-9-3-5(7(10)11)2-6(4-9)8(12)13/h5-6H,2-4H2,1H3,(H,10,11)(H,12,13). The first-order valence-corrected chi connectivity index (χ1v) is 4.15. The summed E-state index contributed by atoms with van der Waals surface area (Å²) in [6, 6.07) is 0. The molecule has 13 heavy (non-hydrogen) atoms. The van der Waals surface area contributed by atoms with E-state index in [-0.39, 0.29) is 6.42 Å². The first-order chi connectivity index (χ1) is 6.00. The van der Waals surface area contributed by atoms with Gasteiger partial charge in [-0.3, -0.25) is 9.59 Å². The SMILES string of the molecule is CN1CC(C(=O)O)CC(C(=O)O)C1. The monoisotopic (exact) mass is 187 g/mol. The summed E-state index contributed by atoms with van der Waals surface area (Å²) in [5.74, 6) is -2.89. The number of carboxylic acid groups (broad SMARTS) is 2. The molecule has 1 aliphatic heterocycles. The van der Waals surface area contributed by atoms with Gasteiger partial charge in [0, 0.05) is 13.1 Å². The molecule has 2 N–H and O–H groups in total. The van der Waals surface area contributed by atoms with Gasteiger partial charge in [0.05, 0.1) is 11.8 Å². The molecule has 2 atom stereocenters. The molecule has 0 amide bonds. The molecule has 0 aromatic carbocycles. The maximum absolute atomic E-state index is 10.6. The van der Waals surface area contributed by atoms with Gasteiger partial charge in [-0.1, -0.05) is 0 Å². The first kappa shape index (κ1) is 9.98. The minimum Gasteiger partial charge on any atom is -0.481 e. The molecule has 5 heteroatoms. The molecule has 0 saturated carbocycles. The van der Waals surface area contributed by atoms with E-state index in [1.807, 2.05) is 0 Å². The van der Waals surface area contributed by atoms with Crippen molar-refractivity contribution in [1.29, 1.82) is 0 Å². The van der Waals surface area contributed by atoms with Crippen molar-refractivity contribution in [2.75, 3.05) is 20.1 Å². The lowest BCUT2D eigenvalue weighted by Crippen LogP contribution is -2.43. The predicted molar refractivity (Wildman–Crippen MR) is 44.4 cm³/mol. The third-order valence-electron chi connectivity index (χ3n) is 2.33. The van der Waals surface area contributed by atoms with Crippen LogP contribution < -0.4 is 0 Å². The number of hydrogen-bond donors (Lipinski definition) is 2. The van der Waals surface area contributed by atoms with Gasteiger partial charge in [0.1, 0.15) is 0 Å². The molecule has 5 nitrogen and oxygen atoms in total. The summed E-state index contributed by atoms with van der Waals surface area (Å²) in [6.45, 7) is 0.887. The highest BCUT2D eigenvalue weighted by Crippen LogP contribution is 2.21. The normalized spacial score (nSPS) is 29.9. The molecule has 0 aromatic heterocycles. The third-order valence-corrected chi connectivity index (χ3v) is 2.33. The Kier molecular flexibility index (Phi) is 2.87. The summed E-state index contributed by atoms with van der Waals surface area (Å²) in [6.07, 6.45) is 0.245. The third kappa shape index (κ3) is 2.42. The van der Waals surface area contributed by atoms with Gasteiger partial charge in [-0.05, 0) is 13.5 Å². The Hall–Kier alpha value is -1.10. The fourth-order valence-corrected chi connectivity index (χ4v) is 1.68. The Morgan fingerprint density at radius 2 is 1.54 bits per heavy atom. The lowest BCUT2D eigenvalue weighted by Gasteiger charge is -2.31. The van der Waals surface area contributed by atoms with Crippen LogP contribution in [0.2, 0.25) is 0 Å². The lowest BCUT2D eigenvalue weighted by molar-refractivity contribution is -0.149. The molecule has 0 aliphatic carbocycles. The zero-order valence-electron chi connectivity index (χ0n) is 7.43. The molecule has 1 heterocycles. The minimum atomic E-state index is -0.905. The van der Waals surface area contributed by atoms with Crippen molar-refractivity contribution in [2.24, 2.45) is 11.8 Å². The van der Waals surface area contributed by atoms with Crippen LogP contribution in [0, 0.1) is 11.8 Å². The van der Waals surface area contributed by atoms with Crippen molar-refractivity contribution >= 4 is 11.9 Å². The molecule has 0 bridgehead atoms. The molecule has 0 aromatic rings. The summed E-state index contributed by atoms with van der Waals surface area (Å²) >= 11 is 0. The molecule has 1 fully saturated rings. The summed E-state index contributed by atoms with van der Waals surface area (Å²) in [5.41, 5.74) is 0. The number of nitrogens with zero attached hydrogens (tertiary/aromatic N) is 1. The largest absolute Gasteiger partial charge is 0.481 e. The van der Waals surface area contributed by atoms with Gasteiger partial charge < -0.3 is 15.1 Å². The number of rotatable bonds is 2. The van der Waals surface area contributed by atoms with Crippen molar-refractivity contribution in [3.8, 4) is 0 Å². The zero-order chi connectivity index (χ0) is 10.0. The number of piperidine rings is 1. The average molecular weight is 187 g/mol. The van der Waals surface area contributed by atoms with Gasteiger partial charge in [0.2, 0.25) is 0 Å². The van der Waals surface area contributed by atoms with Crippen molar-refractivity contribution in [2.45, 2.75) is 6.42 Å². The Balaban J connectivity index is 2.62. The van der Waals surface area contributed by atoms with Crippen LogP contribution in [-0.2, 0) is 9.59 Å². The predicted octanol–water partition coefficient (Wildman–Crippen LogP) is -0.276. The molecule has 1 rings (SSSR count). The molecular formula is C8H13NO4. The van der Waals surface area contributed by atoms with Crippen molar-refractivity contribution in [3.05, 3.63) is 0 Å².